The molecule has 22 heavy (non-hydrogen) atoms. The number of anilines is 1. The maximum Gasteiger partial charge on any atom is 0.328 e. The van der Waals surface area contributed by atoms with E-state index >= 15 is 0 Å². The Bertz CT molecular complexity index is 674. The Morgan fingerprint density at radius 2 is 1.86 bits per heavy atom. The van der Waals surface area contributed by atoms with Crippen molar-refractivity contribution in [3.8, 4) is 0 Å². The fourth-order valence-electron chi connectivity index (χ4n) is 2.15. The molecule has 0 unspecified atom stereocenters. The van der Waals surface area contributed by atoms with Crippen molar-refractivity contribution in [1.82, 2.24) is 0 Å². The Hall–Kier alpha value is -2.07. The van der Waals surface area contributed by atoms with Crippen LogP contribution in [0, 0.1) is 5.82 Å². The summed E-state index contributed by atoms with van der Waals surface area (Å²) in [5.74, 6) is -1.50. The molecule has 1 N–H and O–H groups in total. The molecule has 0 saturated heterocycles. The van der Waals surface area contributed by atoms with E-state index in [-0.39, 0.29) is 5.02 Å². The number of halogens is 2. The van der Waals surface area contributed by atoms with Gasteiger partial charge >= 0.3 is 5.97 Å². The highest BCUT2D eigenvalue weighted by atomic mass is 35.5. The van der Waals surface area contributed by atoms with Crippen LogP contribution >= 0.6 is 11.6 Å². The first-order chi connectivity index (χ1) is 10.3. The molecule has 2 rings (SSSR count). The van der Waals surface area contributed by atoms with Crippen molar-refractivity contribution in [3.63, 3.8) is 0 Å². The fraction of sp³-hybridized carbons (Fsp3) is 0.235. The van der Waals surface area contributed by atoms with Gasteiger partial charge in [0.15, 0.2) is 0 Å². The quantitative estimate of drug-likeness (QED) is 0.890. The van der Waals surface area contributed by atoms with Crippen LogP contribution < -0.4 is 4.90 Å². The molecular weight excluding hydrogens is 305 g/mol. The Balaban J connectivity index is 2.45. The predicted octanol–water partition coefficient (Wildman–Crippen LogP) is 4.35. The van der Waals surface area contributed by atoms with E-state index in [4.69, 9.17) is 11.6 Å². The Morgan fingerprint density at radius 1 is 1.23 bits per heavy atom. The number of benzene rings is 2. The van der Waals surface area contributed by atoms with Crippen LogP contribution in [0.2, 0.25) is 5.02 Å². The fourth-order valence-corrected chi connectivity index (χ4v) is 2.32. The second kappa shape index (κ2) is 6.36. The number of hydrogen-bond donors (Lipinski definition) is 1. The van der Waals surface area contributed by atoms with Crippen molar-refractivity contribution in [1.29, 1.82) is 0 Å². The summed E-state index contributed by atoms with van der Waals surface area (Å²) in [6, 6.07) is 13.7. The van der Waals surface area contributed by atoms with Crippen LogP contribution in [-0.2, 0) is 11.3 Å². The van der Waals surface area contributed by atoms with E-state index in [9.17, 15) is 14.3 Å². The first-order valence-electron chi connectivity index (χ1n) is 6.82. The highest BCUT2D eigenvalue weighted by Gasteiger charge is 2.35. The smallest absolute Gasteiger partial charge is 0.328 e. The lowest BCUT2D eigenvalue weighted by Crippen LogP contribution is -2.50. The summed E-state index contributed by atoms with van der Waals surface area (Å²) in [4.78, 5) is 13.3. The molecule has 0 aliphatic heterocycles. The number of carboxylic acids is 1. The van der Waals surface area contributed by atoms with Gasteiger partial charge in [0.25, 0.3) is 0 Å². The number of nitrogens with zero attached hydrogens (tertiary/aromatic N) is 1. The molecule has 2 aromatic carbocycles. The van der Waals surface area contributed by atoms with Crippen LogP contribution in [0.25, 0.3) is 0 Å². The Labute approximate surface area is 133 Å². The zero-order chi connectivity index (χ0) is 16.3. The van der Waals surface area contributed by atoms with Gasteiger partial charge in [-0.1, -0.05) is 41.9 Å². The maximum atomic E-state index is 13.4. The molecular formula is C17H17ClFNO2. The van der Waals surface area contributed by atoms with E-state index in [2.05, 4.69) is 0 Å². The molecule has 116 valence electrons. The Morgan fingerprint density at radius 3 is 2.41 bits per heavy atom. The van der Waals surface area contributed by atoms with Crippen LogP contribution in [0.4, 0.5) is 10.1 Å². The van der Waals surface area contributed by atoms with E-state index in [0.29, 0.717) is 12.2 Å². The van der Waals surface area contributed by atoms with Crippen molar-refractivity contribution in [3.05, 3.63) is 64.9 Å². The summed E-state index contributed by atoms with van der Waals surface area (Å²) in [7, 11) is 0. The van der Waals surface area contributed by atoms with Crippen molar-refractivity contribution in [2.75, 3.05) is 4.90 Å². The first kappa shape index (κ1) is 16.3. The molecule has 5 heteroatoms. The minimum Gasteiger partial charge on any atom is -0.480 e. The molecule has 0 fully saturated rings. The van der Waals surface area contributed by atoms with E-state index in [0.717, 1.165) is 5.56 Å². The monoisotopic (exact) mass is 321 g/mol. The number of aliphatic carboxylic acids is 1. The number of carbonyl (C=O) groups is 1. The molecule has 2 aromatic rings. The molecule has 0 spiro atoms. The summed E-state index contributed by atoms with van der Waals surface area (Å²) < 4.78 is 13.4. The molecule has 0 radical (unpaired) electrons. The van der Waals surface area contributed by atoms with Gasteiger partial charge < -0.3 is 10.0 Å². The first-order valence-corrected chi connectivity index (χ1v) is 7.20. The molecule has 0 aliphatic carbocycles. The van der Waals surface area contributed by atoms with E-state index < -0.39 is 17.3 Å². The van der Waals surface area contributed by atoms with Crippen molar-refractivity contribution in [2.24, 2.45) is 0 Å². The molecule has 0 aliphatic rings. The highest BCUT2D eigenvalue weighted by Crippen LogP contribution is 2.30. The number of rotatable bonds is 5. The SMILES string of the molecule is CC(C)(C(=O)O)N(Cc1ccccc1)c1ccc(F)c(Cl)c1. The predicted molar refractivity (Wildman–Crippen MR) is 85.7 cm³/mol. The van der Waals surface area contributed by atoms with Gasteiger partial charge in [0.05, 0.1) is 5.02 Å². The van der Waals surface area contributed by atoms with Crippen LogP contribution in [0.3, 0.4) is 0 Å². The zero-order valence-corrected chi connectivity index (χ0v) is 13.1. The van der Waals surface area contributed by atoms with Crippen LogP contribution in [-0.4, -0.2) is 16.6 Å². The number of hydrogen-bond acceptors (Lipinski definition) is 2. The zero-order valence-electron chi connectivity index (χ0n) is 12.4. The average molecular weight is 322 g/mol. The summed E-state index contributed by atoms with van der Waals surface area (Å²) >= 11 is 5.84. The third-order valence-electron chi connectivity index (χ3n) is 3.60. The lowest BCUT2D eigenvalue weighted by atomic mass is 10.0. The minimum atomic E-state index is -1.17. The number of carboxylic acid groups (broad SMARTS) is 1. The molecule has 3 nitrogen and oxygen atoms in total. The van der Waals surface area contributed by atoms with Gasteiger partial charge in [0, 0.05) is 12.2 Å². The molecule has 0 amide bonds. The summed E-state index contributed by atoms with van der Waals surface area (Å²) in [6.45, 7) is 3.59. The van der Waals surface area contributed by atoms with Crippen molar-refractivity contribution in [2.45, 2.75) is 25.9 Å². The second-order valence-corrected chi connectivity index (χ2v) is 5.94. The van der Waals surface area contributed by atoms with E-state index in [1.807, 2.05) is 30.3 Å². The van der Waals surface area contributed by atoms with Gasteiger partial charge in [0.2, 0.25) is 0 Å². The molecule has 0 heterocycles. The van der Waals surface area contributed by atoms with Crippen molar-refractivity contribution < 1.29 is 14.3 Å². The standard InChI is InChI=1S/C17H17ClFNO2/c1-17(2,16(21)22)20(11-12-6-4-3-5-7-12)13-8-9-15(19)14(18)10-13/h3-10H,11H2,1-2H3,(H,21,22). The van der Waals surface area contributed by atoms with Gasteiger partial charge in [-0.25, -0.2) is 9.18 Å². The third kappa shape index (κ3) is 3.39. The van der Waals surface area contributed by atoms with Gasteiger partial charge in [-0.15, -0.1) is 0 Å². The van der Waals surface area contributed by atoms with E-state index in [1.54, 1.807) is 18.7 Å². The molecule has 0 bridgehead atoms. The second-order valence-electron chi connectivity index (χ2n) is 5.53. The molecule has 0 saturated carbocycles. The molecule has 0 aromatic heterocycles. The Kier molecular flexibility index (Phi) is 4.71. The lowest BCUT2D eigenvalue weighted by Gasteiger charge is -2.37. The normalized spacial score (nSPS) is 11.3. The van der Waals surface area contributed by atoms with Crippen LogP contribution in [0.15, 0.2) is 48.5 Å². The van der Waals surface area contributed by atoms with Gasteiger partial charge in [-0.2, -0.15) is 0 Å². The molecule has 0 atom stereocenters. The minimum absolute atomic E-state index is 0.0308. The highest BCUT2D eigenvalue weighted by molar-refractivity contribution is 6.31. The summed E-state index contributed by atoms with van der Waals surface area (Å²) in [5.41, 5.74) is 0.344. The average Bonchev–Trinajstić information content (AvgIpc) is 2.48. The van der Waals surface area contributed by atoms with Gasteiger partial charge in [0.1, 0.15) is 11.4 Å². The van der Waals surface area contributed by atoms with Crippen LogP contribution in [0.1, 0.15) is 19.4 Å². The maximum absolute atomic E-state index is 13.4. The topological polar surface area (TPSA) is 40.5 Å². The van der Waals surface area contributed by atoms with E-state index in [1.165, 1.54) is 18.2 Å². The van der Waals surface area contributed by atoms with Crippen LogP contribution in [0.5, 0.6) is 0 Å². The summed E-state index contributed by atoms with van der Waals surface area (Å²) in [6.07, 6.45) is 0. The largest absolute Gasteiger partial charge is 0.480 e. The lowest BCUT2D eigenvalue weighted by molar-refractivity contribution is -0.142. The third-order valence-corrected chi connectivity index (χ3v) is 3.89. The van der Waals surface area contributed by atoms with Crippen molar-refractivity contribution >= 4 is 23.3 Å². The summed E-state index contributed by atoms with van der Waals surface area (Å²) in [5, 5.41) is 9.50. The van der Waals surface area contributed by atoms with Gasteiger partial charge in [-0.05, 0) is 37.6 Å². The van der Waals surface area contributed by atoms with Gasteiger partial charge in [-0.3, -0.25) is 0 Å².